The molecule has 5 rings (SSSR count). The average molecular weight is 491 g/mol. The summed E-state index contributed by atoms with van der Waals surface area (Å²) < 4.78 is 7.52. The van der Waals surface area contributed by atoms with Gasteiger partial charge in [0, 0.05) is 17.7 Å². The third-order valence-electron chi connectivity index (χ3n) is 5.78. The largest absolute Gasteiger partial charge is 0.376 e. The molecule has 1 saturated heterocycles. The number of nitrogens with one attached hydrogen (secondary N) is 1. The second-order valence-corrected chi connectivity index (χ2v) is 10.5. The number of ether oxygens (including phenoxy) is 1. The number of fused-ring (bicyclic) bond motifs is 3. The fourth-order valence-corrected chi connectivity index (χ4v) is 6.46. The second kappa shape index (κ2) is 9.51. The third kappa shape index (κ3) is 4.57. The number of hydrogen-bond acceptors (Lipinski definition) is 7. The van der Waals surface area contributed by atoms with Crippen LogP contribution in [0.5, 0.6) is 0 Å². The van der Waals surface area contributed by atoms with Crippen LogP contribution < -0.4 is 10.9 Å². The Labute approximate surface area is 198 Å². The zero-order valence-electron chi connectivity index (χ0n) is 17.4. The Kier molecular flexibility index (Phi) is 6.50. The van der Waals surface area contributed by atoms with E-state index in [4.69, 9.17) is 21.3 Å². The van der Waals surface area contributed by atoms with Crippen LogP contribution >= 0.6 is 34.7 Å². The molecular formula is C22H23ClN4O3S2. The Bertz CT molecular complexity index is 1200. The fourth-order valence-electron chi connectivity index (χ4n) is 4.24. The summed E-state index contributed by atoms with van der Waals surface area (Å²) in [5.41, 5.74) is 1.17. The van der Waals surface area contributed by atoms with Crippen LogP contribution in [0.15, 0.2) is 28.3 Å². The highest BCUT2D eigenvalue weighted by molar-refractivity contribution is 7.99. The molecule has 168 valence electrons. The van der Waals surface area contributed by atoms with E-state index in [0.29, 0.717) is 22.5 Å². The molecule has 1 N–H and O–H groups in total. The van der Waals surface area contributed by atoms with E-state index >= 15 is 0 Å². The maximum atomic E-state index is 13.6. The normalized spacial score (nSPS) is 18.1. The molecule has 7 nitrogen and oxygen atoms in total. The molecule has 1 aliphatic heterocycles. The summed E-state index contributed by atoms with van der Waals surface area (Å²) in [6.45, 7) is 1.19. The van der Waals surface area contributed by atoms with Crippen molar-refractivity contribution < 1.29 is 9.53 Å². The van der Waals surface area contributed by atoms with Crippen LogP contribution in [0.25, 0.3) is 10.2 Å². The SMILES string of the molecule is O=C(CSc1nc2sc3c(c2c(=O)n1CC1CCCO1)CCCC3)Nc1ccc(Cl)cn1. The zero-order valence-corrected chi connectivity index (χ0v) is 19.8. The first-order valence-electron chi connectivity index (χ1n) is 10.8. The monoisotopic (exact) mass is 490 g/mol. The number of nitrogens with zero attached hydrogens (tertiary/aromatic N) is 3. The molecule has 4 heterocycles. The second-order valence-electron chi connectivity index (χ2n) is 8.03. The molecule has 1 atom stereocenters. The number of thiophene rings is 1. The van der Waals surface area contributed by atoms with Crippen molar-refractivity contribution in [1.82, 2.24) is 14.5 Å². The number of hydrogen-bond donors (Lipinski definition) is 1. The summed E-state index contributed by atoms with van der Waals surface area (Å²) in [5.74, 6) is 0.346. The fraction of sp³-hybridized carbons (Fsp3) is 0.455. The number of aromatic nitrogens is 3. The number of carbonyl (C=O) groups is 1. The van der Waals surface area contributed by atoms with Crippen molar-refractivity contribution >= 4 is 56.6 Å². The Balaban J connectivity index is 1.43. The van der Waals surface area contributed by atoms with Crippen molar-refractivity contribution in [2.24, 2.45) is 0 Å². The maximum absolute atomic E-state index is 13.6. The van der Waals surface area contributed by atoms with Gasteiger partial charge in [0.15, 0.2) is 5.16 Å². The van der Waals surface area contributed by atoms with Gasteiger partial charge in [0.25, 0.3) is 5.56 Å². The summed E-state index contributed by atoms with van der Waals surface area (Å²) >= 11 is 8.75. The number of halogens is 1. The first kappa shape index (κ1) is 21.9. The lowest BCUT2D eigenvalue weighted by atomic mass is 9.97. The molecule has 32 heavy (non-hydrogen) atoms. The van der Waals surface area contributed by atoms with Crippen molar-refractivity contribution in [3.63, 3.8) is 0 Å². The average Bonchev–Trinajstić information content (AvgIpc) is 3.43. The highest BCUT2D eigenvalue weighted by Crippen LogP contribution is 2.35. The van der Waals surface area contributed by atoms with Gasteiger partial charge >= 0.3 is 0 Å². The summed E-state index contributed by atoms with van der Waals surface area (Å²) in [5, 5.41) is 4.59. The molecule has 0 bridgehead atoms. The van der Waals surface area contributed by atoms with Gasteiger partial charge in [0.2, 0.25) is 5.91 Å². The van der Waals surface area contributed by atoms with Crippen LogP contribution in [0.1, 0.15) is 36.1 Å². The lowest BCUT2D eigenvalue weighted by molar-refractivity contribution is -0.113. The van der Waals surface area contributed by atoms with Gasteiger partial charge in [-0.2, -0.15) is 0 Å². The quantitative estimate of drug-likeness (QED) is 0.409. The van der Waals surface area contributed by atoms with E-state index in [-0.39, 0.29) is 23.3 Å². The van der Waals surface area contributed by atoms with E-state index in [1.807, 2.05) is 0 Å². The summed E-state index contributed by atoms with van der Waals surface area (Å²) in [7, 11) is 0. The van der Waals surface area contributed by atoms with Crippen molar-refractivity contribution in [2.45, 2.75) is 56.3 Å². The van der Waals surface area contributed by atoms with Crippen molar-refractivity contribution in [3.8, 4) is 0 Å². The number of amides is 1. The van der Waals surface area contributed by atoms with Crippen LogP contribution in [0.4, 0.5) is 5.82 Å². The lowest BCUT2D eigenvalue weighted by Crippen LogP contribution is -2.29. The van der Waals surface area contributed by atoms with Gasteiger partial charge in [0.1, 0.15) is 10.6 Å². The molecule has 3 aromatic rings. The van der Waals surface area contributed by atoms with E-state index < -0.39 is 0 Å². The molecule has 0 saturated carbocycles. The third-order valence-corrected chi connectivity index (χ3v) is 8.16. The number of rotatable bonds is 6. The Morgan fingerprint density at radius 3 is 2.97 bits per heavy atom. The molecule has 1 fully saturated rings. The van der Waals surface area contributed by atoms with Crippen molar-refractivity contribution in [3.05, 3.63) is 44.1 Å². The van der Waals surface area contributed by atoms with Crippen LogP contribution in [-0.2, 0) is 28.9 Å². The number of thioether (sulfide) groups is 1. The van der Waals surface area contributed by atoms with Gasteiger partial charge in [-0.05, 0) is 56.2 Å². The van der Waals surface area contributed by atoms with Crippen molar-refractivity contribution in [1.29, 1.82) is 0 Å². The summed E-state index contributed by atoms with van der Waals surface area (Å²) in [4.78, 5) is 37.1. The number of aryl methyl sites for hydroxylation is 2. The maximum Gasteiger partial charge on any atom is 0.263 e. The zero-order chi connectivity index (χ0) is 22.1. The molecule has 0 aromatic carbocycles. The van der Waals surface area contributed by atoms with Gasteiger partial charge in [-0.1, -0.05) is 23.4 Å². The van der Waals surface area contributed by atoms with Crippen LogP contribution in [0.2, 0.25) is 5.02 Å². The molecule has 1 amide bonds. The predicted molar refractivity (Wildman–Crippen MR) is 128 cm³/mol. The van der Waals surface area contributed by atoms with E-state index in [9.17, 15) is 9.59 Å². The summed E-state index contributed by atoms with van der Waals surface area (Å²) in [6, 6.07) is 3.32. The molecular weight excluding hydrogens is 468 g/mol. The molecule has 3 aromatic heterocycles. The van der Waals surface area contributed by atoms with E-state index in [1.165, 1.54) is 28.4 Å². The first-order valence-corrected chi connectivity index (χ1v) is 13.0. The Morgan fingerprint density at radius 2 is 2.19 bits per heavy atom. The standard InChI is InChI=1S/C22H23ClN4O3S2/c23-13-7-8-17(24-10-13)25-18(28)12-31-22-26-20-19(15-5-1-2-6-16(15)32-20)21(29)27(22)11-14-4-3-9-30-14/h7-8,10,14H,1-6,9,11-12H2,(H,24,25,28). The van der Waals surface area contributed by atoms with E-state index in [0.717, 1.165) is 55.3 Å². The highest BCUT2D eigenvalue weighted by atomic mass is 35.5. The minimum absolute atomic E-state index is 0.00724. The van der Waals surface area contributed by atoms with Crippen LogP contribution in [0, 0.1) is 0 Å². The predicted octanol–water partition coefficient (Wildman–Crippen LogP) is 4.30. The van der Waals surface area contributed by atoms with Gasteiger partial charge in [-0.3, -0.25) is 14.2 Å². The first-order chi connectivity index (χ1) is 15.6. The minimum atomic E-state index is -0.215. The molecule has 1 aliphatic carbocycles. The van der Waals surface area contributed by atoms with Gasteiger partial charge < -0.3 is 10.1 Å². The molecule has 0 radical (unpaired) electrons. The van der Waals surface area contributed by atoms with Crippen LogP contribution in [-0.4, -0.2) is 38.9 Å². The van der Waals surface area contributed by atoms with Gasteiger partial charge in [0.05, 0.1) is 28.8 Å². The van der Waals surface area contributed by atoms with Gasteiger partial charge in [-0.25, -0.2) is 9.97 Å². The number of anilines is 1. The smallest absolute Gasteiger partial charge is 0.263 e. The molecule has 10 heteroatoms. The Hall–Kier alpha value is -1.94. The van der Waals surface area contributed by atoms with Crippen molar-refractivity contribution in [2.75, 3.05) is 17.7 Å². The minimum Gasteiger partial charge on any atom is -0.376 e. The van der Waals surface area contributed by atoms with E-state index in [1.54, 1.807) is 28.0 Å². The highest BCUT2D eigenvalue weighted by Gasteiger charge is 2.25. The molecule has 0 spiro atoms. The number of carbonyl (C=O) groups excluding carboxylic acids is 1. The van der Waals surface area contributed by atoms with E-state index in [2.05, 4.69) is 10.3 Å². The van der Waals surface area contributed by atoms with Gasteiger partial charge in [-0.15, -0.1) is 11.3 Å². The lowest BCUT2D eigenvalue weighted by Gasteiger charge is -2.16. The van der Waals surface area contributed by atoms with Crippen LogP contribution in [0.3, 0.4) is 0 Å². The molecule has 2 aliphatic rings. The number of pyridine rings is 1. The Morgan fingerprint density at radius 1 is 1.31 bits per heavy atom. The summed E-state index contributed by atoms with van der Waals surface area (Å²) in [6.07, 6.45) is 7.64. The molecule has 1 unspecified atom stereocenters. The topological polar surface area (TPSA) is 86.1 Å².